The lowest BCUT2D eigenvalue weighted by Crippen LogP contribution is -2.40. The van der Waals surface area contributed by atoms with Crippen LogP contribution in [0.1, 0.15) is 25.7 Å². The Morgan fingerprint density at radius 2 is 2.00 bits per heavy atom. The second kappa shape index (κ2) is 6.52. The molecule has 1 unspecified atom stereocenters. The first kappa shape index (κ1) is 16.5. The lowest BCUT2D eigenvalue weighted by molar-refractivity contribution is -0.117. The van der Waals surface area contributed by atoms with Crippen LogP contribution in [0.15, 0.2) is 0 Å². The topological polar surface area (TPSA) is 34.1 Å². The van der Waals surface area contributed by atoms with E-state index in [0.29, 0.717) is 31.0 Å². The summed E-state index contributed by atoms with van der Waals surface area (Å²) in [5, 5.41) is -0.413. The zero-order chi connectivity index (χ0) is 14.8. The molecule has 0 spiro atoms. The van der Waals surface area contributed by atoms with Crippen molar-refractivity contribution in [1.29, 1.82) is 0 Å². The molecule has 2 fully saturated rings. The van der Waals surface area contributed by atoms with E-state index in [9.17, 15) is 22.8 Å². The first-order chi connectivity index (χ1) is 9.33. The van der Waals surface area contributed by atoms with Gasteiger partial charge in [-0.1, -0.05) is 11.8 Å². The van der Waals surface area contributed by atoms with Crippen LogP contribution in [0.2, 0.25) is 0 Å². The van der Waals surface area contributed by atoms with E-state index in [2.05, 4.69) is 0 Å². The molecule has 0 aromatic heterocycles. The third-order valence-electron chi connectivity index (χ3n) is 3.36. The van der Waals surface area contributed by atoms with E-state index in [-0.39, 0.29) is 11.7 Å². The highest BCUT2D eigenvalue weighted by Crippen LogP contribution is 2.54. The van der Waals surface area contributed by atoms with Crippen LogP contribution in [-0.4, -0.2) is 38.4 Å². The minimum absolute atomic E-state index is 0.112. The SMILES string of the molecule is O=C1CCC(C2(C(=O)SCC(F)(F)F)SCCCS2)C1. The van der Waals surface area contributed by atoms with Crippen molar-refractivity contribution in [2.75, 3.05) is 17.3 Å². The minimum Gasteiger partial charge on any atom is -0.300 e. The highest BCUT2D eigenvalue weighted by atomic mass is 32.2. The van der Waals surface area contributed by atoms with Crippen LogP contribution in [0.4, 0.5) is 13.2 Å². The Kier molecular flexibility index (Phi) is 5.40. The first-order valence-corrected chi connectivity index (χ1v) is 9.33. The van der Waals surface area contributed by atoms with Crippen molar-refractivity contribution in [2.24, 2.45) is 5.92 Å². The van der Waals surface area contributed by atoms with Gasteiger partial charge in [-0.05, 0) is 30.3 Å². The summed E-state index contributed by atoms with van der Waals surface area (Å²) in [6, 6.07) is 0. The Morgan fingerprint density at radius 1 is 1.35 bits per heavy atom. The molecule has 0 aromatic rings. The summed E-state index contributed by atoms with van der Waals surface area (Å²) in [7, 11) is 0. The molecule has 1 saturated heterocycles. The highest BCUT2D eigenvalue weighted by Gasteiger charge is 2.50. The number of halogens is 3. The lowest BCUT2D eigenvalue weighted by Gasteiger charge is -2.38. The maximum Gasteiger partial charge on any atom is 0.398 e. The molecule has 8 heteroatoms. The van der Waals surface area contributed by atoms with Crippen LogP contribution in [0.5, 0.6) is 0 Å². The van der Waals surface area contributed by atoms with E-state index >= 15 is 0 Å². The summed E-state index contributed by atoms with van der Waals surface area (Å²) < 4.78 is 36.1. The monoisotopic (exact) mass is 344 g/mol. The Bertz CT molecular complexity index is 392. The summed E-state index contributed by atoms with van der Waals surface area (Å²) in [5.74, 6) is 0.412. The van der Waals surface area contributed by atoms with Gasteiger partial charge in [-0.25, -0.2) is 0 Å². The zero-order valence-corrected chi connectivity index (χ0v) is 13.2. The standard InChI is InChI=1S/C12H15F3O2S3/c13-11(14,15)7-18-10(17)12(19-4-1-5-20-12)8-2-3-9(16)6-8/h8H,1-7H2. The number of carbonyl (C=O) groups excluding carboxylic acids is 2. The third-order valence-corrected chi connectivity index (χ3v) is 8.26. The van der Waals surface area contributed by atoms with E-state index in [1.807, 2.05) is 0 Å². The molecule has 1 saturated carbocycles. The quantitative estimate of drug-likeness (QED) is 0.779. The van der Waals surface area contributed by atoms with Crippen molar-refractivity contribution in [3.05, 3.63) is 0 Å². The van der Waals surface area contributed by atoms with E-state index in [4.69, 9.17) is 0 Å². The minimum atomic E-state index is -4.34. The zero-order valence-electron chi connectivity index (χ0n) is 10.7. The smallest absolute Gasteiger partial charge is 0.300 e. The molecule has 20 heavy (non-hydrogen) atoms. The van der Waals surface area contributed by atoms with E-state index in [0.717, 1.165) is 17.9 Å². The molecular formula is C12H15F3O2S3. The summed E-state index contributed by atoms with van der Waals surface area (Å²) >= 11 is 3.24. The number of hydrogen-bond acceptors (Lipinski definition) is 5. The molecule has 1 atom stereocenters. The van der Waals surface area contributed by atoms with Crippen LogP contribution in [0.25, 0.3) is 0 Å². The summed E-state index contributed by atoms with van der Waals surface area (Å²) in [5.41, 5.74) is 0. The van der Waals surface area contributed by atoms with Crippen LogP contribution < -0.4 is 0 Å². The van der Waals surface area contributed by atoms with E-state index in [1.54, 1.807) is 0 Å². The van der Waals surface area contributed by atoms with Crippen LogP contribution >= 0.6 is 35.3 Å². The fraction of sp³-hybridized carbons (Fsp3) is 0.833. The fourth-order valence-electron chi connectivity index (χ4n) is 2.45. The average Bonchev–Trinajstić information content (AvgIpc) is 2.83. The van der Waals surface area contributed by atoms with Crippen molar-refractivity contribution in [3.8, 4) is 0 Å². The molecule has 1 aliphatic heterocycles. The maximum absolute atomic E-state index is 12.4. The first-order valence-electron chi connectivity index (χ1n) is 6.37. The van der Waals surface area contributed by atoms with Gasteiger partial charge in [0.1, 0.15) is 9.86 Å². The summed E-state index contributed by atoms with van der Waals surface area (Å²) in [4.78, 5) is 23.8. The maximum atomic E-state index is 12.4. The van der Waals surface area contributed by atoms with Crippen molar-refractivity contribution in [1.82, 2.24) is 0 Å². The number of hydrogen-bond donors (Lipinski definition) is 0. The van der Waals surface area contributed by atoms with Crippen molar-refractivity contribution < 1.29 is 22.8 Å². The molecular weight excluding hydrogens is 329 g/mol. The predicted octanol–water partition coefficient (Wildman–Crippen LogP) is 3.74. The molecule has 0 amide bonds. The van der Waals surface area contributed by atoms with Gasteiger partial charge in [0.25, 0.3) is 0 Å². The molecule has 0 N–H and O–H groups in total. The van der Waals surface area contributed by atoms with E-state index in [1.165, 1.54) is 23.5 Å². The molecule has 1 heterocycles. The summed E-state index contributed by atoms with van der Waals surface area (Å²) in [6.45, 7) is 0. The molecule has 2 aliphatic rings. The predicted molar refractivity (Wildman–Crippen MR) is 78.1 cm³/mol. The average molecular weight is 344 g/mol. The van der Waals surface area contributed by atoms with Gasteiger partial charge in [0.2, 0.25) is 5.12 Å². The number of alkyl halides is 3. The van der Waals surface area contributed by atoms with Crippen LogP contribution in [0, 0.1) is 5.92 Å². The Labute approximate surface area is 128 Å². The van der Waals surface area contributed by atoms with Gasteiger partial charge in [-0.3, -0.25) is 9.59 Å². The molecule has 0 radical (unpaired) electrons. The van der Waals surface area contributed by atoms with E-state index < -0.39 is 21.1 Å². The highest BCUT2D eigenvalue weighted by molar-refractivity contribution is 8.25. The Morgan fingerprint density at radius 3 is 2.50 bits per heavy atom. The fourth-order valence-corrected chi connectivity index (χ4v) is 7.13. The molecule has 114 valence electrons. The molecule has 2 nitrogen and oxygen atoms in total. The van der Waals surface area contributed by atoms with Gasteiger partial charge >= 0.3 is 6.18 Å². The van der Waals surface area contributed by atoms with Crippen LogP contribution in [0.3, 0.4) is 0 Å². The van der Waals surface area contributed by atoms with Crippen molar-refractivity contribution in [2.45, 2.75) is 35.9 Å². The molecule has 0 bridgehead atoms. The van der Waals surface area contributed by atoms with Gasteiger partial charge in [-0.2, -0.15) is 13.2 Å². The van der Waals surface area contributed by atoms with Gasteiger partial charge in [0.15, 0.2) is 0 Å². The number of Topliss-reactive ketones (excluding diaryl/α,β-unsaturated/α-hetero) is 1. The van der Waals surface area contributed by atoms with Gasteiger partial charge in [0, 0.05) is 12.8 Å². The molecule has 0 aromatic carbocycles. The largest absolute Gasteiger partial charge is 0.398 e. The van der Waals surface area contributed by atoms with Crippen molar-refractivity contribution >= 4 is 46.2 Å². The van der Waals surface area contributed by atoms with Gasteiger partial charge in [0.05, 0.1) is 5.75 Å². The lowest BCUT2D eigenvalue weighted by atomic mass is 10.0. The number of carbonyl (C=O) groups is 2. The summed E-state index contributed by atoms with van der Waals surface area (Å²) in [6.07, 6.45) is -1.98. The number of ketones is 1. The number of rotatable bonds is 3. The Balaban J connectivity index is 2.10. The normalized spacial score (nSPS) is 26.8. The molecule has 1 aliphatic carbocycles. The molecule has 2 rings (SSSR count). The van der Waals surface area contributed by atoms with Crippen LogP contribution in [-0.2, 0) is 9.59 Å². The second-order valence-electron chi connectivity index (χ2n) is 4.89. The number of thioether (sulfide) groups is 3. The van der Waals surface area contributed by atoms with Gasteiger partial charge in [-0.15, -0.1) is 23.5 Å². The third kappa shape index (κ3) is 3.88. The van der Waals surface area contributed by atoms with Crippen molar-refractivity contribution in [3.63, 3.8) is 0 Å². The second-order valence-corrected chi connectivity index (χ2v) is 8.78. The Hall–Kier alpha value is 0.180. The van der Waals surface area contributed by atoms with Gasteiger partial charge < -0.3 is 0 Å².